The molecule has 0 aromatic carbocycles. The molecule has 1 aliphatic rings. The molecular formula is C12H24N2O2. The number of methoxy groups -OCH3 is 1. The lowest BCUT2D eigenvalue weighted by Gasteiger charge is -2.30. The Kier molecular flexibility index (Phi) is 4.74. The second-order valence-corrected chi connectivity index (χ2v) is 5.37. The van der Waals surface area contributed by atoms with E-state index in [1.165, 1.54) is 7.11 Å². The molecule has 0 aliphatic heterocycles. The largest absolute Gasteiger partial charge is 0.469 e. The van der Waals surface area contributed by atoms with E-state index in [1.807, 2.05) is 13.8 Å². The number of hydrogen-bond donors (Lipinski definition) is 2. The van der Waals surface area contributed by atoms with E-state index >= 15 is 0 Å². The van der Waals surface area contributed by atoms with Crippen LogP contribution < -0.4 is 11.1 Å². The topological polar surface area (TPSA) is 64.3 Å². The van der Waals surface area contributed by atoms with Crippen LogP contribution >= 0.6 is 0 Å². The van der Waals surface area contributed by atoms with Gasteiger partial charge in [-0.1, -0.05) is 0 Å². The van der Waals surface area contributed by atoms with Crippen molar-refractivity contribution in [2.75, 3.05) is 13.7 Å². The summed E-state index contributed by atoms with van der Waals surface area (Å²) >= 11 is 0. The number of hydrogen-bond acceptors (Lipinski definition) is 4. The van der Waals surface area contributed by atoms with E-state index < -0.39 is 5.41 Å². The monoisotopic (exact) mass is 228 g/mol. The second-order valence-electron chi connectivity index (χ2n) is 5.37. The van der Waals surface area contributed by atoms with Crippen molar-refractivity contribution in [3.8, 4) is 0 Å². The molecule has 0 amide bonds. The molecule has 16 heavy (non-hydrogen) atoms. The summed E-state index contributed by atoms with van der Waals surface area (Å²) in [6.07, 6.45) is 4.38. The van der Waals surface area contributed by atoms with Crippen molar-refractivity contribution in [2.24, 2.45) is 11.1 Å². The molecule has 1 aliphatic carbocycles. The molecule has 0 aromatic heterocycles. The zero-order chi connectivity index (χ0) is 12.2. The zero-order valence-corrected chi connectivity index (χ0v) is 10.6. The number of carbonyl (C=O) groups excluding carboxylic acids is 1. The first kappa shape index (κ1) is 13.5. The number of nitrogens with one attached hydrogen (secondary N) is 1. The van der Waals surface area contributed by atoms with Crippen molar-refractivity contribution < 1.29 is 9.53 Å². The summed E-state index contributed by atoms with van der Waals surface area (Å²) in [4.78, 5) is 11.5. The fourth-order valence-corrected chi connectivity index (χ4v) is 2.07. The van der Waals surface area contributed by atoms with Crippen LogP contribution in [-0.2, 0) is 9.53 Å². The Morgan fingerprint density at radius 2 is 1.94 bits per heavy atom. The van der Waals surface area contributed by atoms with Gasteiger partial charge in [0, 0.05) is 18.6 Å². The average molecular weight is 228 g/mol. The Hall–Kier alpha value is -0.610. The third-order valence-electron chi connectivity index (χ3n) is 3.34. The minimum Gasteiger partial charge on any atom is -0.469 e. The van der Waals surface area contributed by atoms with Crippen molar-refractivity contribution >= 4 is 5.97 Å². The first-order valence-electron chi connectivity index (χ1n) is 6.03. The lowest BCUT2D eigenvalue weighted by atomic mass is 9.89. The van der Waals surface area contributed by atoms with E-state index in [9.17, 15) is 4.79 Å². The highest BCUT2D eigenvalue weighted by Gasteiger charge is 2.29. The van der Waals surface area contributed by atoms with E-state index in [-0.39, 0.29) is 5.97 Å². The van der Waals surface area contributed by atoms with E-state index in [4.69, 9.17) is 10.5 Å². The van der Waals surface area contributed by atoms with Crippen LogP contribution in [0, 0.1) is 5.41 Å². The number of rotatable bonds is 4. The third-order valence-corrected chi connectivity index (χ3v) is 3.34. The molecule has 1 fully saturated rings. The first-order chi connectivity index (χ1) is 7.45. The molecule has 0 unspecified atom stereocenters. The van der Waals surface area contributed by atoms with Crippen LogP contribution in [-0.4, -0.2) is 31.7 Å². The summed E-state index contributed by atoms with van der Waals surface area (Å²) in [6, 6.07) is 0.871. The van der Waals surface area contributed by atoms with E-state index in [0.29, 0.717) is 18.6 Å². The van der Waals surface area contributed by atoms with Gasteiger partial charge in [-0.25, -0.2) is 0 Å². The highest BCUT2D eigenvalue weighted by molar-refractivity contribution is 5.76. The molecule has 0 atom stereocenters. The predicted molar refractivity (Wildman–Crippen MR) is 64.0 cm³/mol. The Bertz CT molecular complexity index is 233. The van der Waals surface area contributed by atoms with Gasteiger partial charge in [0.05, 0.1) is 12.5 Å². The molecule has 0 radical (unpaired) electrons. The molecule has 0 saturated heterocycles. The molecular weight excluding hydrogens is 204 g/mol. The second kappa shape index (κ2) is 5.64. The summed E-state index contributed by atoms with van der Waals surface area (Å²) in [5.41, 5.74) is 5.40. The molecule has 94 valence electrons. The van der Waals surface area contributed by atoms with Gasteiger partial charge in [-0.15, -0.1) is 0 Å². The zero-order valence-electron chi connectivity index (χ0n) is 10.6. The van der Waals surface area contributed by atoms with Crippen molar-refractivity contribution in [3.63, 3.8) is 0 Å². The fourth-order valence-electron chi connectivity index (χ4n) is 2.07. The first-order valence-corrected chi connectivity index (χ1v) is 6.03. The molecule has 4 heteroatoms. The Morgan fingerprint density at radius 3 is 2.44 bits per heavy atom. The Labute approximate surface area is 97.9 Å². The highest BCUT2D eigenvalue weighted by Crippen LogP contribution is 2.20. The summed E-state index contributed by atoms with van der Waals surface area (Å²) in [5.74, 6) is -0.160. The Balaban J connectivity index is 2.31. The molecule has 0 heterocycles. The van der Waals surface area contributed by atoms with Crippen molar-refractivity contribution in [1.29, 1.82) is 0 Å². The van der Waals surface area contributed by atoms with Gasteiger partial charge in [-0.3, -0.25) is 4.79 Å². The van der Waals surface area contributed by atoms with Gasteiger partial charge in [0.25, 0.3) is 0 Å². The number of nitrogens with two attached hydrogens (primary N) is 1. The molecule has 0 bridgehead atoms. The highest BCUT2D eigenvalue weighted by atomic mass is 16.5. The molecule has 0 spiro atoms. The van der Waals surface area contributed by atoms with Crippen molar-refractivity contribution in [2.45, 2.75) is 51.6 Å². The Morgan fingerprint density at radius 1 is 1.38 bits per heavy atom. The maximum atomic E-state index is 11.5. The van der Waals surface area contributed by atoms with Gasteiger partial charge in [-0.05, 0) is 39.5 Å². The average Bonchev–Trinajstić information content (AvgIpc) is 2.27. The summed E-state index contributed by atoms with van der Waals surface area (Å²) in [5, 5.41) is 3.44. The van der Waals surface area contributed by atoms with Gasteiger partial charge in [0.1, 0.15) is 0 Å². The van der Waals surface area contributed by atoms with Crippen LogP contribution in [0.2, 0.25) is 0 Å². The summed E-state index contributed by atoms with van der Waals surface area (Å²) in [6.45, 7) is 4.47. The molecule has 1 rings (SSSR count). The SMILES string of the molecule is COC(=O)C(C)(C)CNC1CCC(N)CC1. The molecule has 0 aromatic rings. The van der Waals surface area contributed by atoms with Gasteiger partial charge in [0.15, 0.2) is 0 Å². The van der Waals surface area contributed by atoms with Gasteiger partial charge in [-0.2, -0.15) is 0 Å². The van der Waals surface area contributed by atoms with Crippen molar-refractivity contribution in [1.82, 2.24) is 5.32 Å². The van der Waals surface area contributed by atoms with Gasteiger partial charge in [0.2, 0.25) is 0 Å². The van der Waals surface area contributed by atoms with E-state index in [0.717, 1.165) is 25.7 Å². The van der Waals surface area contributed by atoms with Crippen LogP contribution in [0.15, 0.2) is 0 Å². The number of esters is 1. The molecule has 1 saturated carbocycles. The predicted octanol–water partition coefficient (Wildman–Crippen LogP) is 1.05. The van der Waals surface area contributed by atoms with Crippen molar-refractivity contribution in [3.05, 3.63) is 0 Å². The van der Waals surface area contributed by atoms with Crippen LogP contribution in [0.3, 0.4) is 0 Å². The molecule has 4 nitrogen and oxygen atoms in total. The fraction of sp³-hybridized carbons (Fsp3) is 0.917. The van der Waals surface area contributed by atoms with Gasteiger partial charge >= 0.3 is 5.97 Å². The maximum absolute atomic E-state index is 11.5. The minimum absolute atomic E-state index is 0.160. The lowest BCUT2D eigenvalue weighted by molar-refractivity contribution is -0.150. The smallest absolute Gasteiger partial charge is 0.312 e. The minimum atomic E-state index is -0.450. The van der Waals surface area contributed by atoms with E-state index in [2.05, 4.69) is 5.32 Å². The van der Waals surface area contributed by atoms with Crippen LogP contribution in [0.25, 0.3) is 0 Å². The third kappa shape index (κ3) is 3.76. The standard InChI is InChI=1S/C12H24N2O2/c1-12(2,11(15)16-3)8-14-10-6-4-9(13)5-7-10/h9-10,14H,4-8,13H2,1-3H3. The molecule has 3 N–H and O–H groups in total. The van der Waals surface area contributed by atoms with Gasteiger partial charge < -0.3 is 15.8 Å². The number of ether oxygens (including phenoxy) is 1. The lowest BCUT2D eigenvalue weighted by Crippen LogP contribution is -2.44. The normalized spacial score (nSPS) is 26.5. The maximum Gasteiger partial charge on any atom is 0.312 e. The summed E-state index contributed by atoms with van der Waals surface area (Å²) < 4.78 is 4.77. The van der Waals surface area contributed by atoms with E-state index in [1.54, 1.807) is 0 Å². The number of carbonyl (C=O) groups is 1. The summed E-state index contributed by atoms with van der Waals surface area (Å²) in [7, 11) is 1.43. The van der Waals surface area contributed by atoms with Crippen LogP contribution in [0.4, 0.5) is 0 Å². The quantitative estimate of drug-likeness (QED) is 0.706. The van der Waals surface area contributed by atoms with Crippen LogP contribution in [0.1, 0.15) is 39.5 Å². The van der Waals surface area contributed by atoms with Crippen LogP contribution in [0.5, 0.6) is 0 Å².